The summed E-state index contributed by atoms with van der Waals surface area (Å²) < 4.78 is 48.1. The minimum absolute atomic E-state index is 0.00479. The van der Waals surface area contributed by atoms with Crippen LogP contribution in [0.3, 0.4) is 0 Å². The third-order valence-electron chi connectivity index (χ3n) is 5.71. The first-order valence-electron chi connectivity index (χ1n) is 9.86. The van der Waals surface area contributed by atoms with Crippen LogP contribution in [-0.2, 0) is 11.2 Å². The molecule has 3 rings (SSSR count). The average Bonchev–Trinajstić information content (AvgIpc) is 2.99. The molecule has 0 amide bonds. The van der Waals surface area contributed by atoms with Crippen molar-refractivity contribution < 1.29 is 27.8 Å². The first-order valence-corrected chi connectivity index (χ1v) is 9.86. The standard InChI is InChI=1S/C24H25F3O3/c1-14-4-5-18(10-21(14)25)20-12-24(26,27)11-19(20)13-30-22-8-6-17(7-9-23(28)29)15(2)16(22)3/h4-6,8,10H,7,9,11-13H2,1-3H3,(H,28,29). The zero-order valence-corrected chi connectivity index (χ0v) is 17.3. The lowest BCUT2D eigenvalue weighted by Gasteiger charge is -2.15. The second-order valence-electron chi connectivity index (χ2n) is 7.91. The van der Waals surface area contributed by atoms with Crippen LogP contribution < -0.4 is 4.74 Å². The molecule has 0 atom stereocenters. The molecule has 160 valence electrons. The van der Waals surface area contributed by atoms with E-state index in [2.05, 4.69) is 0 Å². The van der Waals surface area contributed by atoms with Crippen LogP contribution in [0.4, 0.5) is 13.2 Å². The molecule has 0 radical (unpaired) electrons. The maximum absolute atomic E-state index is 14.1. The number of aryl methyl sites for hydroxylation is 2. The number of rotatable bonds is 7. The lowest BCUT2D eigenvalue weighted by Crippen LogP contribution is -2.12. The molecule has 30 heavy (non-hydrogen) atoms. The number of ether oxygens (including phenoxy) is 1. The summed E-state index contributed by atoms with van der Waals surface area (Å²) in [5.74, 6) is -3.58. The van der Waals surface area contributed by atoms with E-state index < -0.39 is 30.6 Å². The predicted molar refractivity (Wildman–Crippen MR) is 110 cm³/mol. The van der Waals surface area contributed by atoms with Crippen LogP contribution in [0.1, 0.15) is 47.1 Å². The van der Waals surface area contributed by atoms with Gasteiger partial charge < -0.3 is 9.84 Å². The number of hydrogen-bond donors (Lipinski definition) is 1. The molecule has 0 aliphatic heterocycles. The van der Waals surface area contributed by atoms with Crippen LogP contribution in [0, 0.1) is 26.6 Å². The van der Waals surface area contributed by atoms with Gasteiger partial charge in [0.05, 0.1) is 0 Å². The molecule has 0 aromatic heterocycles. The molecule has 0 bridgehead atoms. The minimum Gasteiger partial charge on any atom is -0.489 e. The monoisotopic (exact) mass is 418 g/mol. The van der Waals surface area contributed by atoms with Gasteiger partial charge >= 0.3 is 5.97 Å². The minimum atomic E-state index is -2.87. The number of aliphatic carboxylic acids is 1. The van der Waals surface area contributed by atoms with Gasteiger partial charge in [-0.3, -0.25) is 4.79 Å². The van der Waals surface area contributed by atoms with Crippen molar-refractivity contribution in [2.75, 3.05) is 6.61 Å². The Kier molecular flexibility index (Phi) is 6.25. The highest BCUT2D eigenvalue weighted by molar-refractivity contribution is 5.72. The highest BCUT2D eigenvalue weighted by Crippen LogP contribution is 2.44. The van der Waals surface area contributed by atoms with Crippen LogP contribution in [0.2, 0.25) is 0 Å². The largest absolute Gasteiger partial charge is 0.489 e. The number of carboxylic acid groups (broad SMARTS) is 1. The van der Waals surface area contributed by atoms with E-state index in [9.17, 15) is 18.0 Å². The van der Waals surface area contributed by atoms with Crippen molar-refractivity contribution in [3.8, 4) is 5.75 Å². The van der Waals surface area contributed by atoms with Crippen molar-refractivity contribution in [2.45, 2.75) is 52.4 Å². The third-order valence-corrected chi connectivity index (χ3v) is 5.71. The fourth-order valence-electron chi connectivity index (χ4n) is 3.78. The summed E-state index contributed by atoms with van der Waals surface area (Å²) in [6.45, 7) is 5.38. The molecule has 6 heteroatoms. The van der Waals surface area contributed by atoms with Gasteiger partial charge in [0.15, 0.2) is 0 Å². The molecule has 0 saturated carbocycles. The van der Waals surface area contributed by atoms with Crippen molar-refractivity contribution in [1.82, 2.24) is 0 Å². The van der Waals surface area contributed by atoms with Crippen LogP contribution in [0.25, 0.3) is 5.57 Å². The Morgan fingerprint density at radius 3 is 2.50 bits per heavy atom. The molecule has 1 aliphatic rings. The van der Waals surface area contributed by atoms with E-state index in [-0.39, 0.29) is 13.0 Å². The van der Waals surface area contributed by atoms with Crippen LogP contribution >= 0.6 is 0 Å². The Labute approximate surface area is 174 Å². The molecule has 0 unspecified atom stereocenters. The molecule has 1 N–H and O–H groups in total. The maximum atomic E-state index is 14.1. The molecular formula is C24H25F3O3. The SMILES string of the molecule is Cc1ccc(C2=C(COc3ccc(CCC(=O)O)c(C)c3C)CC(F)(F)C2)cc1F. The Hall–Kier alpha value is -2.76. The van der Waals surface area contributed by atoms with Gasteiger partial charge in [-0.25, -0.2) is 13.2 Å². The normalized spacial score (nSPS) is 15.5. The van der Waals surface area contributed by atoms with Gasteiger partial charge in [0, 0.05) is 19.3 Å². The Morgan fingerprint density at radius 1 is 1.10 bits per heavy atom. The summed E-state index contributed by atoms with van der Waals surface area (Å²) in [7, 11) is 0. The number of alkyl halides is 2. The number of hydrogen-bond acceptors (Lipinski definition) is 2. The number of halogens is 3. The molecule has 0 heterocycles. The average molecular weight is 418 g/mol. The first kappa shape index (κ1) is 21.9. The Bertz CT molecular complexity index is 1010. The van der Waals surface area contributed by atoms with Gasteiger partial charge in [-0.05, 0) is 78.3 Å². The van der Waals surface area contributed by atoms with Crippen molar-refractivity contribution in [1.29, 1.82) is 0 Å². The molecule has 3 nitrogen and oxygen atoms in total. The van der Waals surface area contributed by atoms with Crippen molar-refractivity contribution in [2.24, 2.45) is 0 Å². The van der Waals surface area contributed by atoms with E-state index in [1.165, 1.54) is 6.07 Å². The van der Waals surface area contributed by atoms with E-state index in [0.29, 0.717) is 34.4 Å². The molecular weight excluding hydrogens is 393 g/mol. The second kappa shape index (κ2) is 8.54. The van der Waals surface area contributed by atoms with E-state index in [1.54, 1.807) is 25.1 Å². The molecule has 0 spiro atoms. The van der Waals surface area contributed by atoms with Crippen LogP contribution in [0.5, 0.6) is 5.75 Å². The first-order chi connectivity index (χ1) is 14.1. The molecule has 2 aromatic carbocycles. The van der Waals surface area contributed by atoms with Crippen molar-refractivity contribution >= 4 is 11.5 Å². The van der Waals surface area contributed by atoms with E-state index in [1.807, 2.05) is 19.9 Å². The summed E-state index contributed by atoms with van der Waals surface area (Å²) in [6.07, 6.45) is -0.380. The lowest BCUT2D eigenvalue weighted by molar-refractivity contribution is -0.136. The highest BCUT2D eigenvalue weighted by atomic mass is 19.3. The van der Waals surface area contributed by atoms with Gasteiger partial charge in [-0.2, -0.15) is 0 Å². The van der Waals surface area contributed by atoms with Crippen molar-refractivity contribution in [3.63, 3.8) is 0 Å². The van der Waals surface area contributed by atoms with Gasteiger partial charge in [-0.1, -0.05) is 18.2 Å². The molecule has 0 fully saturated rings. The molecule has 1 aliphatic carbocycles. The fraction of sp³-hybridized carbons (Fsp3) is 0.375. The molecule has 0 saturated heterocycles. The van der Waals surface area contributed by atoms with Gasteiger partial charge in [0.1, 0.15) is 18.2 Å². The van der Waals surface area contributed by atoms with E-state index in [0.717, 1.165) is 16.7 Å². The lowest BCUT2D eigenvalue weighted by atomic mass is 9.98. The summed E-state index contributed by atoms with van der Waals surface area (Å²) in [5, 5.41) is 8.87. The zero-order chi connectivity index (χ0) is 22.1. The maximum Gasteiger partial charge on any atom is 0.303 e. The number of allylic oxidation sites excluding steroid dienone is 1. The summed E-state index contributed by atoms with van der Waals surface area (Å²) in [5.41, 5.74) is 4.54. The van der Waals surface area contributed by atoms with Gasteiger partial charge in [0.25, 0.3) is 5.92 Å². The zero-order valence-electron chi connectivity index (χ0n) is 17.3. The molecule has 2 aromatic rings. The topological polar surface area (TPSA) is 46.5 Å². The van der Waals surface area contributed by atoms with Gasteiger partial charge in [0.2, 0.25) is 0 Å². The summed E-state index contributed by atoms with van der Waals surface area (Å²) in [6, 6.07) is 8.13. The predicted octanol–water partition coefficient (Wildman–Crippen LogP) is 6.03. The quantitative estimate of drug-likeness (QED) is 0.597. The highest BCUT2D eigenvalue weighted by Gasteiger charge is 2.39. The smallest absolute Gasteiger partial charge is 0.303 e. The third kappa shape index (κ3) is 4.86. The second-order valence-corrected chi connectivity index (χ2v) is 7.91. The van der Waals surface area contributed by atoms with Crippen LogP contribution in [0.15, 0.2) is 35.9 Å². The summed E-state index contributed by atoms with van der Waals surface area (Å²) in [4.78, 5) is 10.8. The fourth-order valence-corrected chi connectivity index (χ4v) is 3.78. The van der Waals surface area contributed by atoms with Gasteiger partial charge in [-0.15, -0.1) is 0 Å². The number of carbonyl (C=O) groups is 1. The van der Waals surface area contributed by atoms with Crippen LogP contribution in [-0.4, -0.2) is 23.6 Å². The Morgan fingerprint density at radius 2 is 1.83 bits per heavy atom. The Balaban J connectivity index is 1.82. The van der Waals surface area contributed by atoms with E-state index >= 15 is 0 Å². The summed E-state index contributed by atoms with van der Waals surface area (Å²) >= 11 is 0. The number of carboxylic acids is 1. The van der Waals surface area contributed by atoms with E-state index in [4.69, 9.17) is 9.84 Å². The number of benzene rings is 2. The van der Waals surface area contributed by atoms with Crippen molar-refractivity contribution in [3.05, 3.63) is 69.5 Å².